The van der Waals surface area contributed by atoms with Gasteiger partial charge in [-0.1, -0.05) is 30.4 Å². The van der Waals surface area contributed by atoms with E-state index in [0.29, 0.717) is 5.76 Å². The van der Waals surface area contributed by atoms with Crippen molar-refractivity contribution in [2.24, 2.45) is 0 Å². The normalized spacial score (nSPS) is 19.0. The number of carbonyl (C=O) groups excluding carboxylic acids is 1. The largest absolute Gasteiger partial charge is 0.459 e. The van der Waals surface area contributed by atoms with Crippen LogP contribution in [0.4, 0.5) is 0 Å². The summed E-state index contributed by atoms with van der Waals surface area (Å²) in [5, 5.41) is 7.74. The molecule has 0 unspecified atom stereocenters. The topological polar surface area (TPSA) is 60.1 Å². The lowest BCUT2D eigenvalue weighted by Gasteiger charge is -2.14. The maximum absolute atomic E-state index is 12.2. The summed E-state index contributed by atoms with van der Waals surface area (Å²) in [6.07, 6.45) is 6.56. The monoisotopic (exact) mass is 347 g/mol. The molecule has 1 amide bonds. The number of furan rings is 1. The third-order valence-corrected chi connectivity index (χ3v) is 4.86. The molecular weight excluding hydrogens is 326 g/mol. The average Bonchev–Trinajstić information content (AvgIpc) is 3.37. The minimum atomic E-state index is -0.182. The second-order valence-corrected chi connectivity index (χ2v) is 6.62. The third kappa shape index (κ3) is 2.96. The van der Waals surface area contributed by atoms with Crippen molar-refractivity contribution in [1.29, 1.82) is 0 Å². The van der Waals surface area contributed by atoms with Gasteiger partial charge in [0.15, 0.2) is 5.76 Å². The number of aryl methyl sites for hydroxylation is 1. The van der Waals surface area contributed by atoms with Gasteiger partial charge in [-0.05, 0) is 44.5 Å². The van der Waals surface area contributed by atoms with Crippen LogP contribution in [-0.2, 0) is 0 Å². The fourth-order valence-electron chi connectivity index (χ4n) is 3.68. The van der Waals surface area contributed by atoms with E-state index in [1.807, 2.05) is 29.8 Å². The van der Waals surface area contributed by atoms with Crippen molar-refractivity contribution < 1.29 is 9.21 Å². The van der Waals surface area contributed by atoms with Crippen molar-refractivity contribution in [2.75, 3.05) is 0 Å². The molecule has 4 rings (SSSR count). The van der Waals surface area contributed by atoms with Gasteiger partial charge in [0, 0.05) is 23.2 Å². The molecule has 0 bridgehead atoms. The van der Waals surface area contributed by atoms with Gasteiger partial charge in [-0.25, -0.2) is 4.68 Å². The van der Waals surface area contributed by atoms with E-state index in [1.165, 1.54) is 11.8 Å². The van der Waals surface area contributed by atoms with Crippen LogP contribution < -0.4 is 5.32 Å². The van der Waals surface area contributed by atoms with E-state index in [9.17, 15) is 4.79 Å². The Bertz CT molecular complexity index is 939. The highest BCUT2D eigenvalue weighted by Gasteiger charge is 2.27. The molecule has 1 aliphatic carbocycles. The summed E-state index contributed by atoms with van der Waals surface area (Å²) in [6, 6.07) is 13.5. The molecule has 3 aromatic rings. The average molecular weight is 347 g/mol. The van der Waals surface area contributed by atoms with Crippen molar-refractivity contribution in [3.05, 3.63) is 83.6 Å². The molecule has 5 heteroatoms. The van der Waals surface area contributed by atoms with Gasteiger partial charge in [0.05, 0.1) is 17.6 Å². The number of hydrogen-bond donors (Lipinski definition) is 1. The smallest absolute Gasteiger partial charge is 0.287 e. The predicted octanol–water partition coefficient (Wildman–Crippen LogP) is 3.92. The van der Waals surface area contributed by atoms with Crippen LogP contribution in [0.1, 0.15) is 39.8 Å². The number of aromatic nitrogens is 2. The minimum Gasteiger partial charge on any atom is -0.459 e. The first kappa shape index (κ1) is 16.4. The second kappa shape index (κ2) is 6.67. The fourth-order valence-corrected chi connectivity index (χ4v) is 3.68. The molecule has 0 radical (unpaired) electrons. The number of hydrogen-bond acceptors (Lipinski definition) is 3. The summed E-state index contributed by atoms with van der Waals surface area (Å²) < 4.78 is 7.15. The van der Waals surface area contributed by atoms with E-state index in [2.05, 4.69) is 36.5 Å². The highest BCUT2D eigenvalue weighted by atomic mass is 16.3. The standard InChI is InChI=1S/C21H21N3O2/c1-14-20(15(2)24(23-14)18-7-4-3-5-8-18)16-10-11-17(13-16)22-21(25)19-9-6-12-26-19/h3-12,16-17H,13H2,1-2H3,(H,22,25)/t16-,17+/m0/s1. The van der Waals surface area contributed by atoms with Crippen LogP contribution in [0.15, 0.2) is 65.3 Å². The van der Waals surface area contributed by atoms with Crippen molar-refractivity contribution >= 4 is 5.91 Å². The lowest BCUT2D eigenvalue weighted by molar-refractivity contribution is 0.0916. The van der Waals surface area contributed by atoms with Gasteiger partial charge < -0.3 is 9.73 Å². The quantitative estimate of drug-likeness (QED) is 0.728. The van der Waals surface area contributed by atoms with Crippen LogP contribution in [0.3, 0.4) is 0 Å². The van der Waals surface area contributed by atoms with Crippen LogP contribution in [0.2, 0.25) is 0 Å². The van der Waals surface area contributed by atoms with Crippen molar-refractivity contribution in [3.63, 3.8) is 0 Å². The molecule has 0 saturated carbocycles. The molecular formula is C21H21N3O2. The van der Waals surface area contributed by atoms with E-state index < -0.39 is 0 Å². The van der Waals surface area contributed by atoms with Gasteiger partial charge in [-0.3, -0.25) is 4.79 Å². The van der Waals surface area contributed by atoms with Gasteiger partial charge in [-0.2, -0.15) is 5.10 Å². The number of para-hydroxylation sites is 1. The number of nitrogens with zero attached hydrogens (tertiary/aromatic N) is 2. The maximum Gasteiger partial charge on any atom is 0.287 e. The van der Waals surface area contributed by atoms with Gasteiger partial charge in [0.2, 0.25) is 0 Å². The molecule has 1 aliphatic rings. The number of carbonyl (C=O) groups is 1. The summed E-state index contributed by atoms with van der Waals surface area (Å²) in [5.41, 5.74) is 4.46. The van der Waals surface area contributed by atoms with Gasteiger partial charge in [0.25, 0.3) is 5.91 Å². The van der Waals surface area contributed by atoms with Crippen LogP contribution in [0, 0.1) is 13.8 Å². The first-order valence-electron chi connectivity index (χ1n) is 8.77. The van der Waals surface area contributed by atoms with E-state index in [0.717, 1.165) is 23.5 Å². The molecule has 0 fully saturated rings. The second-order valence-electron chi connectivity index (χ2n) is 6.62. The van der Waals surface area contributed by atoms with Gasteiger partial charge >= 0.3 is 0 Å². The van der Waals surface area contributed by atoms with E-state index in [-0.39, 0.29) is 17.9 Å². The molecule has 1 aromatic carbocycles. The molecule has 0 spiro atoms. The molecule has 132 valence electrons. The molecule has 5 nitrogen and oxygen atoms in total. The molecule has 26 heavy (non-hydrogen) atoms. The summed E-state index contributed by atoms with van der Waals surface area (Å²) in [7, 11) is 0. The highest BCUT2D eigenvalue weighted by molar-refractivity contribution is 5.91. The van der Waals surface area contributed by atoms with Gasteiger partial charge in [0.1, 0.15) is 0 Å². The Hall–Kier alpha value is -3.08. The number of benzene rings is 1. The Morgan fingerprint density at radius 3 is 2.69 bits per heavy atom. The van der Waals surface area contributed by atoms with E-state index >= 15 is 0 Å². The first-order chi connectivity index (χ1) is 12.6. The molecule has 2 heterocycles. The van der Waals surface area contributed by atoms with Crippen molar-refractivity contribution in [3.8, 4) is 5.69 Å². The molecule has 0 aliphatic heterocycles. The highest BCUT2D eigenvalue weighted by Crippen LogP contribution is 2.34. The van der Waals surface area contributed by atoms with Crippen LogP contribution in [-0.4, -0.2) is 21.7 Å². The van der Waals surface area contributed by atoms with Gasteiger partial charge in [-0.15, -0.1) is 0 Å². The first-order valence-corrected chi connectivity index (χ1v) is 8.77. The Morgan fingerprint density at radius 2 is 1.96 bits per heavy atom. The summed E-state index contributed by atoms with van der Waals surface area (Å²) in [6.45, 7) is 4.15. The molecule has 0 saturated heterocycles. The predicted molar refractivity (Wildman–Crippen MR) is 99.5 cm³/mol. The Kier molecular flexibility index (Phi) is 4.21. The Balaban J connectivity index is 1.52. The number of allylic oxidation sites excluding steroid dienone is 1. The number of rotatable bonds is 4. The summed E-state index contributed by atoms with van der Waals surface area (Å²) in [5.74, 6) is 0.402. The zero-order chi connectivity index (χ0) is 18.1. The zero-order valence-electron chi connectivity index (χ0n) is 14.8. The van der Waals surface area contributed by atoms with Crippen LogP contribution in [0.5, 0.6) is 0 Å². The lowest BCUT2D eigenvalue weighted by atomic mass is 9.96. The van der Waals surface area contributed by atoms with Crippen LogP contribution >= 0.6 is 0 Å². The maximum atomic E-state index is 12.2. The number of amides is 1. The van der Waals surface area contributed by atoms with Crippen molar-refractivity contribution in [2.45, 2.75) is 32.2 Å². The third-order valence-electron chi connectivity index (χ3n) is 4.86. The fraction of sp³-hybridized carbons (Fsp3) is 0.238. The Labute approximate surface area is 152 Å². The van der Waals surface area contributed by atoms with E-state index in [4.69, 9.17) is 9.52 Å². The molecule has 2 aromatic heterocycles. The molecule has 1 N–H and O–H groups in total. The molecule has 2 atom stereocenters. The Morgan fingerprint density at radius 1 is 1.15 bits per heavy atom. The minimum absolute atomic E-state index is 0.00326. The number of nitrogens with one attached hydrogen (secondary N) is 1. The van der Waals surface area contributed by atoms with Crippen molar-refractivity contribution in [1.82, 2.24) is 15.1 Å². The SMILES string of the molecule is Cc1nn(-c2ccccc2)c(C)c1[C@H]1C=C[C@@H](NC(=O)c2ccco2)C1. The summed E-state index contributed by atoms with van der Waals surface area (Å²) in [4.78, 5) is 12.2. The lowest BCUT2D eigenvalue weighted by Crippen LogP contribution is -2.32. The zero-order valence-corrected chi connectivity index (χ0v) is 14.8. The summed E-state index contributed by atoms with van der Waals surface area (Å²) >= 11 is 0. The van der Waals surface area contributed by atoms with E-state index in [1.54, 1.807) is 12.1 Å². The van der Waals surface area contributed by atoms with Crippen LogP contribution in [0.25, 0.3) is 5.69 Å².